The highest BCUT2D eigenvalue weighted by Gasteiger charge is 2.27. The van der Waals surface area contributed by atoms with Crippen LogP contribution in [0.15, 0.2) is 24.7 Å². The van der Waals surface area contributed by atoms with Gasteiger partial charge in [-0.25, -0.2) is 9.97 Å². The summed E-state index contributed by atoms with van der Waals surface area (Å²) < 4.78 is 12.6. The van der Waals surface area contributed by atoms with Gasteiger partial charge in [0.2, 0.25) is 5.78 Å². The monoisotopic (exact) mass is 289 g/mol. The molecule has 112 valence electrons. The van der Waals surface area contributed by atoms with Crippen LogP contribution in [0.25, 0.3) is 5.78 Å². The van der Waals surface area contributed by atoms with Crippen molar-refractivity contribution in [3.05, 3.63) is 30.4 Å². The van der Waals surface area contributed by atoms with Crippen LogP contribution in [0.1, 0.15) is 31.4 Å². The summed E-state index contributed by atoms with van der Waals surface area (Å²) >= 11 is 0. The van der Waals surface area contributed by atoms with E-state index in [1.54, 1.807) is 6.20 Å². The lowest BCUT2D eigenvalue weighted by Crippen LogP contribution is -2.26. The number of esters is 1. The molecule has 0 aliphatic heterocycles. The van der Waals surface area contributed by atoms with Gasteiger partial charge in [-0.05, 0) is 31.7 Å². The number of hydrogen-bond acceptors (Lipinski definition) is 5. The number of carbonyl (C=O) groups is 1. The van der Waals surface area contributed by atoms with E-state index in [2.05, 4.69) is 9.97 Å². The molecule has 0 atom stereocenters. The minimum Gasteiger partial charge on any atom is -0.469 e. The summed E-state index contributed by atoms with van der Waals surface area (Å²) in [5.74, 6) is 0.625. The molecule has 6 heteroatoms. The standard InChI is InChI=1S/C15H19N3O3/c1-20-14(19)11-3-5-13(6-4-11)21-10-12-9-18-8-2-7-16-15(18)17-12/h2,7-9,11,13H,3-6,10H2,1H3. The Hall–Kier alpha value is -1.95. The van der Waals surface area contributed by atoms with Crippen LogP contribution < -0.4 is 0 Å². The van der Waals surface area contributed by atoms with Crippen molar-refractivity contribution in [2.45, 2.75) is 38.4 Å². The number of rotatable bonds is 4. The van der Waals surface area contributed by atoms with Crippen molar-refractivity contribution in [1.29, 1.82) is 0 Å². The number of methoxy groups -OCH3 is 1. The molecule has 1 saturated carbocycles. The first kappa shape index (κ1) is 14.0. The first-order valence-electron chi connectivity index (χ1n) is 7.24. The number of hydrogen-bond donors (Lipinski definition) is 0. The van der Waals surface area contributed by atoms with Crippen molar-refractivity contribution < 1.29 is 14.3 Å². The number of fused-ring (bicyclic) bond motifs is 1. The average Bonchev–Trinajstić information content (AvgIpc) is 2.95. The third kappa shape index (κ3) is 3.21. The molecule has 1 aliphatic rings. The van der Waals surface area contributed by atoms with Gasteiger partial charge in [-0.2, -0.15) is 0 Å². The van der Waals surface area contributed by atoms with Crippen LogP contribution in [0.2, 0.25) is 0 Å². The predicted octanol–water partition coefficient (Wildman–Crippen LogP) is 1.98. The van der Waals surface area contributed by atoms with Gasteiger partial charge in [-0.15, -0.1) is 0 Å². The van der Waals surface area contributed by atoms with Crippen molar-refractivity contribution in [3.63, 3.8) is 0 Å². The second-order valence-electron chi connectivity index (χ2n) is 5.37. The summed E-state index contributed by atoms with van der Waals surface area (Å²) in [6.07, 6.45) is 9.23. The molecule has 0 aromatic carbocycles. The summed E-state index contributed by atoms with van der Waals surface area (Å²) in [5.41, 5.74) is 0.879. The molecule has 0 unspecified atom stereocenters. The fourth-order valence-corrected chi connectivity index (χ4v) is 2.78. The second-order valence-corrected chi connectivity index (χ2v) is 5.37. The van der Waals surface area contributed by atoms with Gasteiger partial charge in [-0.1, -0.05) is 0 Å². The van der Waals surface area contributed by atoms with Gasteiger partial charge in [-0.3, -0.25) is 9.20 Å². The minimum absolute atomic E-state index is 0.0363. The van der Waals surface area contributed by atoms with Gasteiger partial charge in [0.1, 0.15) is 0 Å². The maximum Gasteiger partial charge on any atom is 0.308 e. The number of ether oxygens (including phenoxy) is 2. The van der Waals surface area contributed by atoms with Gasteiger partial charge < -0.3 is 9.47 Å². The molecule has 0 bridgehead atoms. The Balaban J connectivity index is 1.51. The fourth-order valence-electron chi connectivity index (χ4n) is 2.78. The van der Waals surface area contributed by atoms with Crippen molar-refractivity contribution in [2.75, 3.05) is 7.11 Å². The van der Waals surface area contributed by atoms with E-state index in [1.165, 1.54) is 7.11 Å². The first-order chi connectivity index (χ1) is 10.3. The normalized spacial score (nSPS) is 22.3. The number of imidazole rings is 1. The van der Waals surface area contributed by atoms with Gasteiger partial charge >= 0.3 is 5.97 Å². The zero-order valence-corrected chi connectivity index (χ0v) is 12.1. The van der Waals surface area contributed by atoms with E-state index < -0.39 is 0 Å². The molecule has 0 saturated heterocycles. The van der Waals surface area contributed by atoms with Crippen LogP contribution >= 0.6 is 0 Å². The van der Waals surface area contributed by atoms with Crippen LogP contribution in [-0.4, -0.2) is 33.6 Å². The molecule has 0 N–H and O–H groups in total. The molecule has 0 spiro atoms. The predicted molar refractivity (Wildman–Crippen MR) is 75.5 cm³/mol. The van der Waals surface area contributed by atoms with Gasteiger partial charge in [0.05, 0.1) is 31.4 Å². The molecule has 0 amide bonds. The Bertz CT molecular complexity index is 584. The summed E-state index contributed by atoms with van der Waals surface area (Å²) in [7, 11) is 1.45. The summed E-state index contributed by atoms with van der Waals surface area (Å²) in [6, 6.07) is 1.87. The van der Waals surface area contributed by atoms with Crippen LogP contribution in [0.3, 0.4) is 0 Å². The number of nitrogens with zero attached hydrogens (tertiary/aromatic N) is 3. The van der Waals surface area contributed by atoms with Crippen molar-refractivity contribution in [2.24, 2.45) is 5.92 Å². The Morgan fingerprint density at radius 3 is 2.90 bits per heavy atom. The SMILES string of the molecule is COC(=O)C1CCC(OCc2cn3cccnc3n2)CC1. The van der Waals surface area contributed by atoms with E-state index in [1.807, 2.05) is 22.9 Å². The van der Waals surface area contributed by atoms with Gasteiger partial charge in [0.15, 0.2) is 0 Å². The fraction of sp³-hybridized carbons (Fsp3) is 0.533. The van der Waals surface area contributed by atoms with Crippen LogP contribution in [-0.2, 0) is 20.9 Å². The molecule has 0 radical (unpaired) electrons. The van der Waals surface area contributed by atoms with E-state index in [0.29, 0.717) is 12.4 Å². The highest BCUT2D eigenvalue weighted by Crippen LogP contribution is 2.27. The van der Waals surface area contributed by atoms with Crippen LogP contribution in [0.4, 0.5) is 0 Å². The van der Waals surface area contributed by atoms with E-state index in [9.17, 15) is 4.79 Å². The Labute approximate surface area is 123 Å². The Morgan fingerprint density at radius 1 is 1.38 bits per heavy atom. The quantitative estimate of drug-likeness (QED) is 0.805. The van der Waals surface area contributed by atoms with Crippen molar-refractivity contribution in [3.8, 4) is 0 Å². The van der Waals surface area contributed by atoms with E-state index in [0.717, 1.165) is 31.4 Å². The third-order valence-corrected chi connectivity index (χ3v) is 3.96. The average molecular weight is 289 g/mol. The molecule has 2 aromatic heterocycles. The minimum atomic E-state index is -0.0973. The van der Waals surface area contributed by atoms with Crippen molar-refractivity contribution >= 4 is 11.7 Å². The first-order valence-corrected chi connectivity index (χ1v) is 7.24. The molecule has 1 fully saturated rings. The maximum absolute atomic E-state index is 11.5. The van der Waals surface area contributed by atoms with Crippen LogP contribution in [0.5, 0.6) is 0 Å². The Morgan fingerprint density at radius 2 is 2.19 bits per heavy atom. The molecular weight excluding hydrogens is 270 g/mol. The lowest BCUT2D eigenvalue weighted by atomic mass is 9.87. The maximum atomic E-state index is 11.5. The van der Waals surface area contributed by atoms with Crippen LogP contribution in [0, 0.1) is 5.92 Å². The Kier molecular flexibility index (Phi) is 4.15. The molecule has 2 aromatic rings. The molecule has 6 nitrogen and oxygen atoms in total. The second kappa shape index (κ2) is 6.22. The van der Waals surface area contributed by atoms with E-state index >= 15 is 0 Å². The number of aromatic nitrogens is 3. The highest BCUT2D eigenvalue weighted by molar-refractivity contribution is 5.72. The smallest absolute Gasteiger partial charge is 0.308 e. The largest absolute Gasteiger partial charge is 0.469 e. The molecule has 1 aliphatic carbocycles. The summed E-state index contributed by atoms with van der Waals surface area (Å²) in [6.45, 7) is 0.483. The lowest BCUT2D eigenvalue weighted by Gasteiger charge is -2.26. The molecule has 21 heavy (non-hydrogen) atoms. The molecule has 3 rings (SSSR count). The highest BCUT2D eigenvalue weighted by atomic mass is 16.5. The summed E-state index contributed by atoms with van der Waals surface area (Å²) in [4.78, 5) is 20.1. The topological polar surface area (TPSA) is 65.7 Å². The summed E-state index contributed by atoms with van der Waals surface area (Å²) in [5, 5.41) is 0. The molecular formula is C15H19N3O3. The van der Waals surface area contributed by atoms with E-state index in [4.69, 9.17) is 9.47 Å². The molecule has 2 heterocycles. The van der Waals surface area contributed by atoms with E-state index in [-0.39, 0.29) is 18.0 Å². The van der Waals surface area contributed by atoms with Crippen molar-refractivity contribution in [1.82, 2.24) is 14.4 Å². The third-order valence-electron chi connectivity index (χ3n) is 3.96. The van der Waals surface area contributed by atoms with Gasteiger partial charge in [0.25, 0.3) is 0 Å². The van der Waals surface area contributed by atoms with Gasteiger partial charge in [0, 0.05) is 18.6 Å². The number of carbonyl (C=O) groups excluding carboxylic acids is 1. The lowest BCUT2D eigenvalue weighted by molar-refractivity contribution is -0.147. The zero-order chi connectivity index (χ0) is 14.7. The zero-order valence-electron chi connectivity index (χ0n) is 12.1.